The molecule has 0 amide bonds. The zero-order chi connectivity index (χ0) is 18.9. The number of furan rings is 1. The molecule has 1 N–H and O–H groups in total. The molecule has 1 aromatic carbocycles. The second-order valence-corrected chi connectivity index (χ2v) is 6.34. The number of fused-ring (bicyclic) bond motifs is 1. The monoisotopic (exact) mass is 375 g/mol. The summed E-state index contributed by atoms with van der Waals surface area (Å²) in [4.78, 5) is 8.40. The molecule has 0 radical (unpaired) electrons. The van der Waals surface area contributed by atoms with Crippen molar-refractivity contribution in [2.45, 2.75) is 13.2 Å². The van der Waals surface area contributed by atoms with Crippen molar-refractivity contribution in [1.29, 1.82) is 0 Å². The Morgan fingerprint density at radius 3 is 2.79 bits per heavy atom. The molecule has 1 unspecified atom stereocenters. The standard InChI is InChI=1S/C20H17N5O3/c1-13-9-18(22-12-21-13)23-19-10-14(15-7-4-8-26-15)24-25(19)20-11-27-16-5-2-3-6-17(16)28-20/h2-10,12,20H,11H2,1H3,(H,21,22,23). The van der Waals surface area contributed by atoms with Crippen molar-refractivity contribution in [2.24, 2.45) is 0 Å². The van der Waals surface area contributed by atoms with Crippen molar-refractivity contribution in [1.82, 2.24) is 19.7 Å². The van der Waals surface area contributed by atoms with Crippen LogP contribution in [0.3, 0.4) is 0 Å². The van der Waals surface area contributed by atoms with Gasteiger partial charge in [-0.1, -0.05) is 12.1 Å². The second kappa shape index (κ2) is 6.73. The predicted octanol–water partition coefficient (Wildman–Crippen LogP) is 3.96. The maximum Gasteiger partial charge on any atom is 0.227 e. The Morgan fingerprint density at radius 2 is 1.96 bits per heavy atom. The van der Waals surface area contributed by atoms with Gasteiger partial charge < -0.3 is 19.2 Å². The normalized spacial score (nSPS) is 15.4. The summed E-state index contributed by atoms with van der Waals surface area (Å²) in [7, 11) is 0. The van der Waals surface area contributed by atoms with Gasteiger partial charge in [0.2, 0.25) is 6.23 Å². The molecule has 4 aromatic rings. The van der Waals surface area contributed by atoms with E-state index in [1.165, 1.54) is 6.33 Å². The minimum Gasteiger partial charge on any atom is -0.484 e. The number of aryl methyl sites for hydroxylation is 1. The van der Waals surface area contributed by atoms with Crippen molar-refractivity contribution in [3.05, 3.63) is 66.8 Å². The van der Waals surface area contributed by atoms with E-state index in [9.17, 15) is 0 Å². The van der Waals surface area contributed by atoms with Gasteiger partial charge in [0.25, 0.3) is 0 Å². The Kier molecular flexibility index (Phi) is 3.93. The Balaban J connectivity index is 1.52. The van der Waals surface area contributed by atoms with Gasteiger partial charge in [-0.05, 0) is 31.2 Å². The molecule has 0 bridgehead atoms. The molecule has 3 aromatic heterocycles. The number of hydrogen-bond donors (Lipinski definition) is 1. The fraction of sp³-hybridized carbons (Fsp3) is 0.150. The Hall–Kier alpha value is -3.81. The van der Waals surface area contributed by atoms with E-state index in [2.05, 4.69) is 20.4 Å². The van der Waals surface area contributed by atoms with E-state index in [0.29, 0.717) is 35.4 Å². The number of hydrogen-bond acceptors (Lipinski definition) is 7. The van der Waals surface area contributed by atoms with Crippen LogP contribution in [0.25, 0.3) is 11.5 Å². The lowest BCUT2D eigenvalue weighted by Crippen LogP contribution is -2.28. The SMILES string of the molecule is Cc1cc(Nc2cc(-c3ccco3)nn2C2COc3ccccc3O2)ncn1. The molecule has 0 saturated heterocycles. The van der Waals surface area contributed by atoms with E-state index in [-0.39, 0.29) is 0 Å². The zero-order valence-corrected chi connectivity index (χ0v) is 15.1. The third kappa shape index (κ3) is 3.05. The predicted molar refractivity (Wildman–Crippen MR) is 102 cm³/mol. The highest BCUT2D eigenvalue weighted by molar-refractivity contribution is 5.62. The third-order valence-corrected chi connectivity index (χ3v) is 4.34. The first kappa shape index (κ1) is 16.4. The molecular weight excluding hydrogens is 358 g/mol. The number of nitrogens with zero attached hydrogens (tertiary/aromatic N) is 4. The van der Waals surface area contributed by atoms with Gasteiger partial charge in [0, 0.05) is 17.8 Å². The molecule has 0 spiro atoms. The van der Waals surface area contributed by atoms with Gasteiger partial charge in [-0.3, -0.25) is 0 Å². The maximum atomic E-state index is 6.12. The van der Waals surface area contributed by atoms with E-state index in [1.54, 1.807) is 10.9 Å². The molecule has 0 saturated carbocycles. The van der Waals surface area contributed by atoms with E-state index >= 15 is 0 Å². The van der Waals surface area contributed by atoms with Gasteiger partial charge in [-0.2, -0.15) is 5.10 Å². The first-order valence-electron chi connectivity index (χ1n) is 8.84. The highest BCUT2D eigenvalue weighted by atomic mass is 16.6. The van der Waals surface area contributed by atoms with E-state index in [1.807, 2.05) is 55.5 Å². The molecule has 1 atom stereocenters. The van der Waals surface area contributed by atoms with E-state index < -0.39 is 6.23 Å². The van der Waals surface area contributed by atoms with Crippen LogP contribution in [0.15, 0.2) is 65.5 Å². The van der Waals surface area contributed by atoms with Crippen molar-refractivity contribution in [3.63, 3.8) is 0 Å². The quantitative estimate of drug-likeness (QED) is 0.578. The van der Waals surface area contributed by atoms with Crippen molar-refractivity contribution >= 4 is 11.6 Å². The maximum absolute atomic E-state index is 6.12. The molecule has 5 rings (SSSR count). The van der Waals surface area contributed by atoms with Crippen molar-refractivity contribution < 1.29 is 13.9 Å². The lowest BCUT2D eigenvalue weighted by molar-refractivity contribution is 0.0332. The number of nitrogens with one attached hydrogen (secondary N) is 1. The molecule has 28 heavy (non-hydrogen) atoms. The molecule has 8 nitrogen and oxygen atoms in total. The minimum atomic E-state index is -0.441. The lowest BCUT2D eigenvalue weighted by Gasteiger charge is -2.27. The van der Waals surface area contributed by atoms with Crippen molar-refractivity contribution in [2.75, 3.05) is 11.9 Å². The summed E-state index contributed by atoms with van der Waals surface area (Å²) in [6, 6.07) is 15.0. The van der Waals surface area contributed by atoms with Gasteiger partial charge >= 0.3 is 0 Å². The molecule has 0 aliphatic carbocycles. The first-order chi connectivity index (χ1) is 13.8. The number of benzene rings is 1. The van der Waals surface area contributed by atoms with Crippen LogP contribution in [0, 0.1) is 6.92 Å². The lowest BCUT2D eigenvalue weighted by atomic mass is 10.3. The highest BCUT2D eigenvalue weighted by Crippen LogP contribution is 2.36. The largest absolute Gasteiger partial charge is 0.484 e. The van der Waals surface area contributed by atoms with Crippen LogP contribution in [-0.4, -0.2) is 26.4 Å². The first-order valence-corrected chi connectivity index (χ1v) is 8.84. The molecule has 1 aliphatic heterocycles. The number of rotatable bonds is 4. The summed E-state index contributed by atoms with van der Waals surface area (Å²) >= 11 is 0. The van der Waals surface area contributed by atoms with E-state index in [0.717, 1.165) is 11.4 Å². The van der Waals surface area contributed by atoms with Gasteiger partial charge in [0.05, 0.1) is 6.26 Å². The van der Waals surface area contributed by atoms with Gasteiger partial charge in [-0.15, -0.1) is 0 Å². The zero-order valence-electron chi connectivity index (χ0n) is 15.1. The van der Waals surface area contributed by atoms with Crippen LogP contribution >= 0.6 is 0 Å². The van der Waals surface area contributed by atoms with Crippen LogP contribution in [0.1, 0.15) is 11.9 Å². The fourth-order valence-corrected chi connectivity index (χ4v) is 3.04. The molecule has 1 aliphatic rings. The Bertz CT molecular complexity index is 1110. The summed E-state index contributed by atoms with van der Waals surface area (Å²) in [5.74, 6) is 3.43. The van der Waals surface area contributed by atoms with Crippen LogP contribution in [-0.2, 0) is 0 Å². The summed E-state index contributed by atoms with van der Waals surface area (Å²) in [5, 5.41) is 7.97. The molecule has 8 heteroatoms. The smallest absolute Gasteiger partial charge is 0.227 e. The number of aromatic nitrogens is 4. The van der Waals surface area contributed by atoms with Crippen molar-refractivity contribution in [3.8, 4) is 23.0 Å². The van der Waals surface area contributed by atoms with Gasteiger partial charge in [-0.25, -0.2) is 14.6 Å². The topological polar surface area (TPSA) is 87.2 Å². The number of para-hydroxylation sites is 2. The number of ether oxygens (including phenoxy) is 2. The summed E-state index contributed by atoms with van der Waals surface area (Å²) in [6.07, 6.45) is 2.69. The van der Waals surface area contributed by atoms with Crippen LogP contribution in [0.5, 0.6) is 11.5 Å². The summed E-state index contributed by atoms with van der Waals surface area (Å²) < 4.78 is 19.2. The molecule has 0 fully saturated rings. The average molecular weight is 375 g/mol. The Labute approximate surface area is 160 Å². The molecular formula is C20H17N5O3. The van der Waals surface area contributed by atoms with Crippen LogP contribution in [0.2, 0.25) is 0 Å². The van der Waals surface area contributed by atoms with Gasteiger partial charge in [0.1, 0.15) is 30.3 Å². The van der Waals surface area contributed by atoms with Gasteiger partial charge in [0.15, 0.2) is 17.3 Å². The fourth-order valence-electron chi connectivity index (χ4n) is 3.04. The van der Waals surface area contributed by atoms with E-state index in [4.69, 9.17) is 13.9 Å². The Morgan fingerprint density at radius 1 is 1.07 bits per heavy atom. The van der Waals surface area contributed by atoms with Crippen LogP contribution in [0.4, 0.5) is 11.6 Å². The summed E-state index contributed by atoms with van der Waals surface area (Å²) in [5.41, 5.74) is 1.54. The highest BCUT2D eigenvalue weighted by Gasteiger charge is 2.26. The molecule has 4 heterocycles. The minimum absolute atomic E-state index is 0.327. The average Bonchev–Trinajstić information content (AvgIpc) is 3.38. The third-order valence-electron chi connectivity index (χ3n) is 4.34. The number of anilines is 2. The molecule has 140 valence electrons. The second-order valence-electron chi connectivity index (χ2n) is 6.34. The summed E-state index contributed by atoms with van der Waals surface area (Å²) in [6.45, 7) is 2.24. The van der Waals surface area contributed by atoms with Crippen LogP contribution < -0.4 is 14.8 Å².